The highest BCUT2D eigenvalue weighted by atomic mass is 35.5. The van der Waals surface area contributed by atoms with Gasteiger partial charge in [-0.15, -0.1) is 11.6 Å². The second-order valence-electron chi connectivity index (χ2n) is 4.81. The van der Waals surface area contributed by atoms with Gasteiger partial charge in [-0.05, 0) is 19.3 Å². The molecule has 0 radical (unpaired) electrons. The molecule has 0 spiro atoms. The van der Waals surface area contributed by atoms with Crippen molar-refractivity contribution in [2.24, 2.45) is 0 Å². The van der Waals surface area contributed by atoms with Crippen molar-refractivity contribution in [3.05, 3.63) is 37.1 Å². The van der Waals surface area contributed by atoms with E-state index < -0.39 is 21.9 Å². The Morgan fingerprint density at radius 3 is 2.43 bits per heavy atom. The predicted molar refractivity (Wildman–Crippen MR) is 81.1 cm³/mol. The molecule has 0 aromatic carbocycles. The first-order chi connectivity index (χ1) is 10.0. The van der Waals surface area contributed by atoms with Gasteiger partial charge in [0, 0.05) is 19.0 Å². The molecule has 0 aliphatic rings. The van der Waals surface area contributed by atoms with Crippen LogP contribution >= 0.6 is 11.6 Å². The molecule has 0 saturated carbocycles. The molecule has 1 heterocycles. The van der Waals surface area contributed by atoms with E-state index in [1.807, 2.05) is 6.92 Å². The monoisotopic (exact) mass is 317 g/mol. The van der Waals surface area contributed by atoms with Gasteiger partial charge in [-0.25, -0.2) is 4.79 Å². The summed E-state index contributed by atoms with van der Waals surface area (Å²) in [6, 6.07) is 0. The minimum absolute atomic E-state index is 0.200. The molecule has 8 heteroatoms. The van der Waals surface area contributed by atoms with Crippen molar-refractivity contribution in [1.82, 2.24) is 9.13 Å². The van der Waals surface area contributed by atoms with Crippen molar-refractivity contribution in [2.75, 3.05) is 5.88 Å². The fourth-order valence-electron chi connectivity index (χ4n) is 2.08. The van der Waals surface area contributed by atoms with Crippen LogP contribution in [0.3, 0.4) is 0 Å². The van der Waals surface area contributed by atoms with Gasteiger partial charge in [-0.1, -0.05) is 19.8 Å². The van der Waals surface area contributed by atoms with Gasteiger partial charge in [0.2, 0.25) is 0 Å². The van der Waals surface area contributed by atoms with Gasteiger partial charge in [0.25, 0.3) is 0 Å². The molecule has 118 valence electrons. The molecular weight excluding hydrogens is 298 g/mol. The maximum Gasteiger partial charge on any atom is 0.350 e. The lowest BCUT2D eigenvalue weighted by atomic mass is 10.2. The minimum atomic E-state index is -0.824. The first-order valence-electron chi connectivity index (χ1n) is 7.07. The van der Waals surface area contributed by atoms with Gasteiger partial charge in [-0.2, -0.15) is 0 Å². The Hall–Kier alpha value is -1.63. The molecule has 21 heavy (non-hydrogen) atoms. The highest BCUT2D eigenvalue weighted by Crippen LogP contribution is 2.04. The Balaban J connectivity index is 3.02. The molecule has 0 atom stereocenters. The summed E-state index contributed by atoms with van der Waals surface area (Å²) in [5.74, 6) is 0.583. The third-order valence-electron chi connectivity index (χ3n) is 3.15. The average molecular weight is 318 g/mol. The average Bonchev–Trinajstić information content (AvgIpc) is 2.44. The lowest BCUT2D eigenvalue weighted by Gasteiger charge is -2.09. The maximum atomic E-state index is 12.2. The first-order valence-corrected chi connectivity index (χ1v) is 7.61. The van der Waals surface area contributed by atoms with Gasteiger partial charge in [0.15, 0.2) is 0 Å². The molecule has 0 N–H and O–H groups in total. The van der Waals surface area contributed by atoms with E-state index >= 15 is 0 Å². The number of hydrogen-bond acceptors (Lipinski definition) is 4. The second-order valence-corrected chi connectivity index (χ2v) is 5.19. The number of hydrogen-bond donors (Lipinski definition) is 0. The van der Waals surface area contributed by atoms with E-state index in [-0.39, 0.29) is 6.54 Å². The van der Waals surface area contributed by atoms with E-state index in [1.54, 1.807) is 0 Å². The van der Waals surface area contributed by atoms with Crippen LogP contribution in [0.5, 0.6) is 0 Å². The van der Waals surface area contributed by atoms with E-state index in [1.165, 1.54) is 4.57 Å². The van der Waals surface area contributed by atoms with Crippen LogP contribution in [0.4, 0.5) is 5.69 Å². The predicted octanol–water partition coefficient (Wildman–Crippen LogP) is 2.13. The molecule has 0 aliphatic carbocycles. The van der Waals surface area contributed by atoms with E-state index in [0.717, 1.165) is 30.0 Å². The third kappa shape index (κ3) is 4.70. The van der Waals surface area contributed by atoms with E-state index in [2.05, 4.69) is 0 Å². The quantitative estimate of drug-likeness (QED) is 0.302. The summed E-state index contributed by atoms with van der Waals surface area (Å²) in [7, 11) is 0. The Morgan fingerprint density at radius 1 is 1.19 bits per heavy atom. The second kappa shape index (κ2) is 8.61. The number of nitro groups is 1. The number of alkyl halides is 1. The Bertz CT molecular complexity index is 594. The number of aromatic nitrogens is 2. The van der Waals surface area contributed by atoms with Gasteiger partial charge in [0.1, 0.15) is 0 Å². The van der Waals surface area contributed by atoms with E-state index in [9.17, 15) is 19.7 Å². The van der Waals surface area contributed by atoms with E-state index in [4.69, 9.17) is 11.6 Å². The summed E-state index contributed by atoms with van der Waals surface area (Å²) in [6.07, 6.45) is 4.94. The summed E-state index contributed by atoms with van der Waals surface area (Å²) in [6.45, 7) is 2.41. The van der Waals surface area contributed by atoms with Gasteiger partial charge < -0.3 is 0 Å². The summed E-state index contributed by atoms with van der Waals surface area (Å²) in [5, 5.41) is 10.9. The first kappa shape index (κ1) is 17.4. The molecule has 0 amide bonds. The van der Waals surface area contributed by atoms with Crippen molar-refractivity contribution in [2.45, 2.75) is 52.1 Å². The van der Waals surface area contributed by atoms with Crippen LogP contribution in [-0.4, -0.2) is 19.9 Å². The molecule has 1 rings (SSSR count). The molecule has 0 saturated heterocycles. The molecule has 1 aromatic heterocycles. The largest absolute Gasteiger partial charge is 0.350 e. The number of nitrogens with zero attached hydrogens (tertiary/aromatic N) is 3. The molecule has 0 bridgehead atoms. The molecule has 0 unspecified atom stereocenters. The van der Waals surface area contributed by atoms with Crippen LogP contribution in [0.15, 0.2) is 15.8 Å². The Labute approximate surface area is 127 Å². The van der Waals surface area contributed by atoms with Crippen LogP contribution in [0.25, 0.3) is 0 Å². The fraction of sp³-hybridized carbons (Fsp3) is 0.692. The number of unbranched alkanes of at least 4 members (excludes halogenated alkanes) is 3. The summed E-state index contributed by atoms with van der Waals surface area (Å²) >= 11 is 5.58. The van der Waals surface area contributed by atoms with Gasteiger partial charge in [0.05, 0.1) is 11.1 Å². The van der Waals surface area contributed by atoms with E-state index in [0.29, 0.717) is 25.3 Å². The lowest BCUT2D eigenvalue weighted by molar-refractivity contribution is -0.387. The van der Waals surface area contributed by atoms with Crippen molar-refractivity contribution in [3.63, 3.8) is 0 Å². The molecule has 7 nitrogen and oxygen atoms in total. The van der Waals surface area contributed by atoms with Crippen LogP contribution in [0.2, 0.25) is 0 Å². The van der Waals surface area contributed by atoms with Crippen LogP contribution < -0.4 is 11.2 Å². The van der Waals surface area contributed by atoms with Crippen molar-refractivity contribution >= 4 is 17.3 Å². The summed E-state index contributed by atoms with van der Waals surface area (Å²) < 4.78 is 2.20. The number of halogens is 1. The maximum absolute atomic E-state index is 12.2. The molecule has 1 aromatic rings. The highest BCUT2D eigenvalue weighted by molar-refractivity contribution is 6.17. The van der Waals surface area contributed by atoms with Gasteiger partial charge in [-0.3, -0.25) is 24.0 Å². The zero-order valence-corrected chi connectivity index (χ0v) is 12.8. The molecular formula is C13H20ClN3O4. The molecule has 0 fully saturated rings. The minimum Gasteiger partial charge on any atom is -0.293 e. The Morgan fingerprint density at radius 2 is 1.86 bits per heavy atom. The van der Waals surface area contributed by atoms with Crippen LogP contribution in [-0.2, 0) is 13.1 Å². The number of aryl methyl sites for hydroxylation is 1. The van der Waals surface area contributed by atoms with Crippen LogP contribution in [0, 0.1) is 10.1 Å². The van der Waals surface area contributed by atoms with Crippen molar-refractivity contribution < 1.29 is 4.92 Å². The Kier molecular flexibility index (Phi) is 7.14. The van der Waals surface area contributed by atoms with Crippen LogP contribution in [0.1, 0.15) is 39.0 Å². The summed E-state index contributed by atoms with van der Waals surface area (Å²) in [4.78, 5) is 34.3. The van der Waals surface area contributed by atoms with Gasteiger partial charge >= 0.3 is 16.9 Å². The lowest BCUT2D eigenvalue weighted by Crippen LogP contribution is -2.40. The topological polar surface area (TPSA) is 87.1 Å². The SMILES string of the molecule is CCCn1cc([N+](=O)[O-])c(=O)n(CCCCCCCl)c1=O. The zero-order chi connectivity index (χ0) is 15.8. The normalized spacial score (nSPS) is 10.8. The summed E-state index contributed by atoms with van der Waals surface area (Å²) in [5.41, 5.74) is -1.86. The number of rotatable bonds is 9. The fourth-order valence-corrected chi connectivity index (χ4v) is 2.27. The smallest absolute Gasteiger partial charge is 0.293 e. The van der Waals surface area contributed by atoms with Crippen molar-refractivity contribution in [3.8, 4) is 0 Å². The highest BCUT2D eigenvalue weighted by Gasteiger charge is 2.19. The molecule has 0 aliphatic heterocycles. The zero-order valence-electron chi connectivity index (χ0n) is 12.1. The van der Waals surface area contributed by atoms with Crippen molar-refractivity contribution in [1.29, 1.82) is 0 Å². The third-order valence-corrected chi connectivity index (χ3v) is 3.41. The standard InChI is InChI=1S/C13H20ClN3O4/c1-2-8-15-10-11(17(20)21)12(18)16(13(15)19)9-6-4-3-5-7-14/h10H,2-9H2,1H3.